The summed E-state index contributed by atoms with van der Waals surface area (Å²) in [5.41, 5.74) is 3.78. The van der Waals surface area contributed by atoms with Gasteiger partial charge < -0.3 is 9.47 Å². The summed E-state index contributed by atoms with van der Waals surface area (Å²) >= 11 is 0. The second-order valence-electron chi connectivity index (χ2n) is 9.32. The van der Waals surface area contributed by atoms with E-state index in [-0.39, 0.29) is 17.1 Å². The van der Waals surface area contributed by atoms with Gasteiger partial charge in [0.15, 0.2) is 23.2 Å². The molecule has 0 saturated carbocycles. The van der Waals surface area contributed by atoms with Crippen LogP contribution >= 0.6 is 0 Å². The Morgan fingerprint density at radius 2 is 1.32 bits per heavy atom. The van der Waals surface area contributed by atoms with Gasteiger partial charge in [0, 0.05) is 5.56 Å². The Morgan fingerprint density at radius 1 is 0.605 bits per heavy atom. The molecular weight excluding hydrogens is 485 g/mol. The highest BCUT2D eigenvalue weighted by Crippen LogP contribution is 2.29. The van der Waals surface area contributed by atoms with E-state index in [0.29, 0.717) is 42.9 Å². The molecule has 4 rings (SSSR count). The fourth-order valence-electron chi connectivity index (χ4n) is 4.22. The molecular formula is C33H33F3O2. The van der Waals surface area contributed by atoms with Gasteiger partial charge in [-0.3, -0.25) is 0 Å². The molecule has 0 aliphatic rings. The van der Waals surface area contributed by atoms with Gasteiger partial charge in [0.2, 0.25) is 0 Å². The van der Waals surface area contributed by atoms with Gasteiger partial charge in [0.1, 0.15) is 5.75 Å². The van der Waals surface area contributed by atoms with Crippen molar-refractivity contribution in [1.29, 1.82) is 0 Å². The van der Waals surface area contributed by atoms with Gasteiger partial charge in [0.25, 0.3) is 0 Å². The average Bonchev–Trinajstić information content (AvgIpc) is 2.94. The molecule has 0 fully saturated rings. The zero-order chi connectivity index (χ0) is 26.9. The molecule has 5 heteroatoms. The molecule has 0 atom stereocenters. The Kier molecular flexibility index (Phi) is 9.47. The number of rotatable bonds is 12. The van der Waals surface area contributed by atoms with Gasteiger partial charge in [-0.2, -0.15) is 0 Å². The molecule has 0 aliphatic carbocycles. The molecule has 38 heavy (non-hydrogen) atoms. The van der Waals surface area contributed by atoms with Crippen LogP contribution in [-0.2, 0) is 12.8 Å². The summed E-state index contributed by atoms with van der Waals surface area (Å²) in [7, 11) is 0. The molecule has 0 bridgehead atoms. The first kappa shape index (κ1) is 27.3. The third-order valence-electron chi connectivity index (χ3n) is 6.46. The number of halogens is 3. The van der Waals surface area contributed by atoms with E-state index < -0.39 is 11.6 Å². The Hall–Kier alpha value is -3.73. The minimum atomic E-state index is -0.843. The van der Waals surface area contributed by atoms with Gasteiger partial charge in [0.05, 0.1) is 13.2 Å². The second kappa shape index (κ2) is 13.2. The first-order valence-electron chi connectivity index (χ1n) is 13.2. The van der Waals surface area contributed by atoms with E-state index in [1.165, 1.54) is 6.07 Å². The van der Waals surface area contributed by atoms with Crippen molar-refractivity contribution < 1.29 is 22.6 Å². The monoisotopic (exact) mass is 518 g/mol. The summed E-state index contributed by atoms with van der Waals surface area (Å²) in [6.45, 7) is 5.19. The molecule has 0 N–H and O–H groups in total. The van der Waals surface area contributed by atoms with E-state index in [0.717, 1.165) is 36.0 Å². The fraction of sp³-hybridized carbons (Fsp3) is 0.273. The Bertz CT molecular complexity index is 1330. The SMILES string of the molecule is CCCCOc1ccc(-c2ccc(CCc3ccc(-c4ccc(OCCC)cc4)c(F)c3F)cc2)cc1F. The van der Waals surface area contributed by atoms with Crippen LogP contribution in [-0.4, -0.2) is 13.2 Å². The number of hydrogen-bond donors (Lipinski definition) is 0. The van der Waals surface area contributed by atoms with Crippen LogP contribution < -0.4 is 9.47 Å². The van der Waals surface area contributed by atoms with Crippen LogP contribution in [0.15, 0.2) is 78.9 Å². The maximum absolute atomic E-state index is 14.9. The number of aryl methyl sites for hydroxylation is 2. The molecule has 4 aromatic carbocycles. The third kappa shape index (κ3) is 6.77. The molecule has 2 nitrogen and oxygen atoms in total. The lowest BCUT2D eigenvalue weighted by Gasteiger charge is -2.11. The summed E-state index contributed by atoms with van der Waals surface area (Å²) in [6.07, 6.45) is 3.69. The zero-order valence-electron chi connectivity index (χ0n) is 21.9. The highest BCUT2D eigenvalue weighted by molar-refractivity contribution is 5.66. The van der Waals surface area contributed by atoms with Gasteiger partial charge >= 0.3 is 0 Å². The molecule has 198 valence electrons. The maximum Gasteiger partial charge on any atom is 0.166 e. The summed E-state index contributed by atoms with van der Waals surface area (Å²) in [4.78, 5) is 0. The summed E-state index contributed by atoms with van der Waals surface area (Å²) in [5.74, 6) is -1.08. The van der Waals surface area contributed by atoms with E-state index in [1.54, 1.807) is 42.5 Å². The molecule has 0 spiro atoms. The molecule has 4 aromatic rings. The lowest BCUT2D eigenvalue weighted by atomic mass is 9.97. The second-order valence-corrected chi connectivity index (χ2v) is 9.32. The van der Waals surface area contributed by atoms with Gasteiger partial charge in [-0.1, -0.05) is 74.9 Å². The van der Waals surface area contributed by atoms with E-state index in [9.17, 15) is 13.2 Å². The Labute approximate surface area is 223 Å². The van der Waals surface area contributed by atoms with Crippen LogP contribution in [0, 0.1) is 17.5 Å². The van der Waals surface area contributed by atoms with Crippen LogP contribution in [0.3, 0.4) is 0 Å². The van der Waals surface area contributed by atoms with Crippen molar-refractivity contribution >= 4 is 0 Å². The van der Waals surface area contributed by atoms with Crippen molar-refractivity contribution in [3.8, 4) is 33.8 Å². The summed E-state index contributed by atoms with van der Waals surface area (Å²) in [6, 6.07) is 23.0. The number of unbranched alkanes of at least 4 members (excludes halogenated alkanes) is 1. The van der Waals surface area contributed by atoms with Crippen LogP contribution in [0.1, 0.15) is 44.2 Å². The number of ether oxygens (including phenoxy) is 2. The topological polar surface area (TPSA) is 18.5 Å². The molecule has 0 aliphatic heterocycles. The van der Waals surface area contributed by atoms with Crippen LogP contribution in [0.4, 0.5) is 13.2 Å². The average molecular weight is 519 g/mol. The smallest absolute Gasteiger partial charge is 0.166 e. The van der Waals surface area contributed by atoms with Crippen LogP contribution in [0.25, 0.3) is 22.3 Å². The largest absolute Gasteiger partial charge is 0.494 e. The van der Waals surface area contributed by atoms with Gasteiger partial charge in [-0.05, 0) is 77.8 Å². The molecule has 0 aromatic heterocycles. The first-order valence-corrected chi connectivity index (χ1v) is 13.2. The normalized spacial score (nSPS) is 11.0. The summed E-state index contributed by atoms with van der Waals surface area (Å²) < 4.78 is 55.3. The Morgan fingerprint density at radius 3 is 2.00 bits per heavy atom. The lowest BCUT2D eigenvalue weighted by molar-refractivity contribution is 0.294. The minimum Gasteiger partial charge on any atom is -0.494 e. The lowest BCUT2D eigenvalue weighted by Crippen LogP contribution is -2.00. The van der Waals surface area contributed by atoms with Gasteiger partial charge in [-0.15, -0.1) is 0 Å². The van der Waals surface area contributed by atoms with Crippen LogP contribution in [0.5, 0.6) is 11.5 Å². The third-order valence-corrected chi connectivity index (χ3v) is 6.46. The number of hydrogen-bond acceptors (Lipinski definition) is 2. The van der Waals surface area contributed by atoms with Crippen molar-refractivity contribution in [2.75, 3.05) is 13.2 Å². The molecule has 0 heterocycles. The molecule has 0 saturated heterocycles. The quantitative estimate of drug-likeness (QED) is 0.174. The van der Waals surface area contributed by atoms with E-state index >= 15 is 0 Å². The number of benzene rings is 4. The highest BCUT2D eigenvalue weighted by atomic mass is 19.2. The van der Waals surface area contributed by atoms with Crippen molar-refractivity contribution in [3.05, 3.63) is 107 Å². The van der Waals surface area contributed by atoms with Crippen molar-refractivity contribution in [2.24, 2.45) is 0 Å². The van der Waals surface area contributed by atoms with Crippen molar-refractivity contribution in [2.45, 2.75) is 46.0 Å². The van der Waals surface area contributed by atoms with Crippen molar-refractivity contribution in [3.63, 3.8) is 0 Å². The van der Waals surface area contributed by atoms with E-state index in [1.807, 2.05) is 37.3 Å². The minimum absolute atomic E-state index is 0.228. The van der Waals surface area contributed by atoms with Crippen molar-refractivity contribution in [1.82, 2.24) is 0 Å². The first-order chi connectivity index (χ1) is 18.5. The Balaban J connectivity index is 1.39. The highest BCUT2D eigenvalue weighted by Gasteiger charge is 2.15. The predicted octanol–water partition coefficient (Wildman–Crippen LogP) is 9.19. The molecule has 0 radical (unpaired) electrons. The fourth-order valence-corrected chi connectivity index (χ4v) is 4.22. The van der Waals surface area contributed by atoms with E-state index in [2.05, 4.69) is 6.92 Å². The molecule has 0 amide bonds. The summed E-state index contributed by atoms with van der Waals surface area (Å²) in [5, 5.41) is 0. The maximum atomic E-state index is 14.9. The zero-order valence-corrected chi connectivity index (χ0v) is 21.9. The molecule has 0 unspecified atom stereocenters. The van der Waals surface area contributed by atoms with E-state index in [4.69, 9.17) is 9.47 Å². The van der Waals surface area contributed by atoms with Crippen LogP contribution in [0.2, 0.25) is 0 Å². The van der Waals surface area contributed by atoms with Gasteiger partial charge in [-0.25, -0.2) is 13.2 Å². The predicted molar refractivity (Wildman–Crippen MR) is 147 cm³/mol. The standard InChI is InChI=1S/C33H33F3O2/c1-3-5-21-38-31-19-15-27(22-30(31)34)24-9-6-23(7-10-24)8-11-26-14-18-29(33(36)32(26)35)25-12-16-28(17-13-25)37-20-4-2/h6-7,9-10,12-19,22H,3-5,8,11,20-21H2,1-2H3.